The van der Waals surface area contributed by atoms with Crippen molar-refractivity contribution < 1.29 is 0 Å². The lowest BCUT2D eigenvalue weighted by atomic mass is 10.1. The molecule has 2 N–H and O–H groups in total. The zero-order valence-electron chi connectivity index (χ0n) is 9.95. The third-order valence-electron chi connectivity index (χ3n) is 4.18. The summed E-state index contributed by atoms with van der Waals surface area (Å²) in [6.45, 7) is 4.07. The van der Waals surface area contributed by atoms with Crippen molar-refractivity contribution in [3.8, 4) is 0 Å². The van der Waals surface area contributed by atoms with E-state index in [2.05, 4.69) is 30.0 Å². The minimum absolute atomic E-state index is 0.656. The fourth-order valence-electron chi connectivity index (χ4n) is 3.33. The maximum absolute atomic E-state index is 5.84. The van der Waals surface area contributed by atoms with Gasteiger partial charge in [-0.25, -0.2) is 0 Å². The molecule has 0 amide bonds. The lowest BCUT2D eigenvalue weighted by molar-refractivity contribution is 0.552. The number of hydrogen-bond donors (Lipinski definition) is 1. The van der Waals surface area contributed by atoms with Crippen molar-refractivity contribution in [1.82, 2.24) is 0 Å². The SMILES string of the molecule is Cc1ccc(CN)c(N2CC3CCC2C3)c1. The van der Waals surface area contributed by atoms with Gasteiger partial charge in [-0.2, -0.15) is 0 Å². The molecule has 1 aromatic carbocycles. The molecule has 2 aliphatic rings. The summed E-state index contributed by atoms with van der Waals surface area (Å²) in [6.07, 6.45) is 4.21. The van der Waals surface area contributed by atoms with Crippen LogP contribution in [0.4, 0.5) is 5.69 Å². The molecular formula is C14H20N2. The highest BCUT2D eigenvalue weighted by Gasteiger charge is 2.38. The van der Waals surface area contributed by atoms with Crippen molar-refractivity contribution in [2.75, 3.05) is 11.4 Å². The molecule has 2 heteroatoms. The number of nitrogens with zero attached hydrogens (tertiary/aromatic N) is 1. The average molecular weight is 216 g/mol. The molecule has 1 heterocycles. The molecule has 1 saturated carbocycles. The van der Waals surface area contributed by atoms with E-state index in [1.165, 1.54) is 42.6 Å². The highest BCUT2D eigenvalue weighted by molar-refractivity contribution is 5.57. The number of piperidine rings is 1. The first-order chi connectivity index (χ1) is 7.78. The van der Waals surface area contributed by atoms with Gasteiger partial charge >= 0.3 is 0 Å². The largest absolute Gasteiger partial charge is 0.368 e. The number of benzene rings is 1. The topological polar surface area (TPSA) is 29.3 Å². The summed E-state index contributed by atoms with van der Waals surface area (Å²) in [5, 5.41) is 0. The highest BCUT2D eigenvalue weighted by Crippen LogP contribution is 2.41. The molecule has 2 atom stereocenters. The van der Waals surface area contributed by atoms with Crippen LogP contribution >= 0.6 is 0 Å². The Bertz CT molecular complexity index is 400. The van der Waals surface area contributed by atoms with Gasteiger partial charge in [0.15, 0.2) is 0 Å². The van der Waals surface area contributed by atoms with E-state index in [4.69, 9.17) is 5.73 Å². The van der Waals surface area contributed by atoms with Gasteiger partial charge in [-0.05, 0) is 49.3 Å². The third kappa shape index (κ3) is 1.52. The predicted molar refractivity (Wildman–Crippen MR) is 67.5 cm³/mol. The van der Waals surface area contributed by atoms with Crippen molar-refractivity contribution in [3.63, 3.8) is 0 Å². The zero-order valence-corrected chi connectivity index (χ0v) is 9.95. The normalized spacial score (nSPS) is 27.8. The van der Waals surface area contributed by atoms with E-state index in [9.17, 15) is 0 Å². The van der Waals surface area contributed by atoms with Gasteiger partial charge in [0.25, 0.3) is 0 Å². The average Bonchev–Trinajstić information content (AvgIpc) is 2.90. The summed E-state index contributed by atoms with van der Waals surface area (Å²) >= 11 is 0. The van der Waals surface area contributed by atoms with E-state index in [1.54, 1.807) is 0 Å². The summed E-state index contributed by atoms with van der Waals surface area (Å²) in [5.74, 6) is 0.941. The maximum Gasteiger partial charge on any atom is 0.0417 e. The van der Waals surface area contributed by atoms with Gasteiger partial charge in [0.1, 0.15) is 0 Å². The molecule has 0 spiro atoms. The van der Waals surface area contributed by atoms with Crippen LogP contribution in [0.1, 0.15) is 30.4 Å². The Morgan fingerprint density at radius 2 is 2.25 bits per heavy atom. The maximum atomic E-state index is 5.84. The summed E-state index contributed by atoms with van der Waals surface area (Å²) in [5.41, 5.74) is 9.88. The van der Waals surface area contributed by atoms with Crippen LogP contribution in [-0.4, -0.2) is 12.6 Å². The monoisotopic (exact) mass is 216 g/mol. The highest BCUT2D eigenvalue weighted by atomic mass is 15.2. The Kier molecular flexibility index (Phi) is 2.40. The van der Waals surface area contributed by atoms with Gasteiger partial charge in [-0.3, -0.25) is 0 Å². The fraction of sp³-hybridized carbons (Fsp3) is 0.571. The first-order valence-electron chi connectivity index (χ1n) is 6.34. The lowest BCUT2D eigenvalue weighted by Crippen LogP contribution is -2.32. The van der Waals surface area contributed by atoms with E-state index < -0.39 is 0 Å². The van der Waals surface area contributed by atoms with E-state index >= 15 is 0 Å². The summed E-state index contributed by atoms with van der Waals surface area (Å²) in [4.78, 5) is 2.60. The number of rotatable bonds is 2. The van der Waals surface area contributed by atoms with E-state index in [1.807, 2.05) is 0 Å². The number of anilines is 1. The molecule has 1 aliphatic carbocycles. The summed E-state index contributed by atoms with van der Waals surface area (Å²) in [7, 11) is 0. The Morgan fingerprint density at radius 1 is 1.38 bits per heavy atom. The molecule has 1 aliphatic heterocycles. The Labute approximate surface area is 97.4 Å². The van der Waals surface area contributed by atoms with Crippen molar-refractivity contribution >= 4 is 5.69 Å². The number of aryl methyl sites for hydroxylation is 1. The van der Waals surface area contributed by atoms with E-state index in [0.29, 0.717) is 6.54 Å². The molecule has 2 fully saturated rings. The molecule has 1 saturated heterocycles. The van der Waals surface area contributed by atoms with Crippen LogP contribution in [0.5, 0.6) is 0 Å². The van der Waals surface area contributed by atoms with Gasteiger partial charge in [0.05, 0.1) is 0 Å². The standard InChI is InChI=1S/C14H20N2/c1-10-2-4-12(8-15)14(6-10)16-9-11-3-5-13(16)7-11/h2,4,6,11,13H,3,5,7-9,15H2,1H3. The Morgan fingerprint density at radius 3 is 2.88 bits per heavy atom. The minimum Gasteiger partial charge on any atom is -0.368 e. The van der Waals surface area contributed by atoms with Gasteiger partial charge in [-0.1, -0.05) is 12.1 Å². The van der Waals surface area contributed by atoms with E-state index in [0.717, 1.165) is 12.0 Å². The lowest BCUT2D eigenvalue weighted by Gasteiger charge is -2.31. The molecule has 0 aromatic heterocycles. The second-order valence-electron chi connectivity index (χ2n) is 5.32. The Balaban J connectivity index is 1.96. The first-order valence-corrected chi connectivity index (χ1v) is 6.34. The van der Waals surface area contributed by atoms with Gasteiger partial charge < -0.3 is 10.6 Å². The van der Waals surface area contributed by atoms with Crippen LogP contribution in [-0.2, 0) is 6.54 Å². The summed E-state index contributed by atoms with van der Waals surface area (Å²) in [6, 6.07) is 7.46. The molecule has 0 radical (unpaired) electrons. The molecule has 16 heavy (non-hydrogen) atoms. The second kappa shape index (κ2) is 3.77. The zero-order chi connectivity index (χ0) is 11.1. The van der Waals surface area contributed by atoms with Crippen molar-refractivity contribution in [1.29, 1.82) is 0 Å². The molecule has 3 rings (SSSR count). The van der Waals surface area contributed by atoms with Crippen LogP contribution in [0.3, 0.4) is 0 Å². The molecular weight excluding hydrogens is 196 g/mol. The van der Waals surface area contributed by atoms with Crippen molar-refractivity contribution in [2.24, 2.45) is 11.7 Å². The molecule has 2 unspecified atom stereocenters. The van der Waals surface area contributed by atoms with E-state index in [-0.39, 0.29) is 0 Å². The number of hydrogen-bond acceptors (Lipinski definition) is 2. The van der Waals surface area contributed by atoms with Gasteiger partial charge in [0.2, 0.25) is 0 Å². The summed E-state index contributed by atoms with van der Waals surface area (Å²) < 4.78 is 0. The quantitative estimate of drug-likeness (QED) is 0.822. The first kappa shape index (κ1) is 10.2. The van der Waals surface area contributed by atoms with Crippen molar-refractivity contribution in [3.05, 3.63) is 29.3 Å². The van der Waals surface area contributed by atoms with Crippen LogP contribution in [0.15, 0.2) is 18.2 Å². The van der Waals surface area contributed by atoms with Crippen LogP contribution in [0, 0.1) is 12.8 Å². The number of nitrogens with two attached hydrogens (primary N) is 1. The van der Waals surface area contributed by atoms with Crippen LogP contribution in [0.25, 0.3) is 0 Å². The minimum atomic E-state index is 0.656. The predicted octanol–water partition coefficient (Wildman–Crippen LogP) is 2.44. The Hall–Kier alpha value is -1.02. The van der Waals surface area contributed by atoms with Crippen molar-refractivity contribution in [2.45, 2.75) is 38.8 Å². The molecule has 86 valence electrons. The third-order valence-corrected chi connectivity index (χ3v) is 4.18. The van der Waals surface area contributed by atoms with Gasteiger partial charge in [0, 0.05) is 24.8 Å². The number of fused-ring (bicyclic) bond motifs is 2. The molecule has 2 bridgehead atoms. The van der Waals surface area contributed by atoms with Gasteiger partial charge in [-0.15, -0.1) is 0 Å². The van der Waals surface area contributed by atoms with Crippen LogP contribution in [0.2, 0.25) is 0 Å². The fourth-order valence-corrected chi connectivity index (χ4v) is 3.33. The second-order valence-corrected chi connectivity index (χ2v) is 5.32. The smallest absolute Gasteiger partial charge is 0.0417 e. The molecule has 1 aromatic rings. The van der Waals surface area contributed by atoms with Crippen LogP contribution < -0.4 is 10.6 Å². The molecule has 2 nitrogen and oxygen atoms in total.